The summed E-state index contributed by atoms with van der Waals surface area (Å²) in [7, 11) is 0. The van der Waals surface area contributed by atoms with Crippen molar-refractivity contribution in [1.82, 2.24) is 15.0 Å². The van der Waals surface area contributed by atoms with E-state index < -0.39 is 0 Å². The summed E-state index contributed by atoms with van der Waals surface area (Å²) in [6, 6.07) is 0. The van der Waals surface area contributed by atoms with Crippen LogP contribution in [-0.4, -0.2) is 40.8 Å². The first kappa shape index (κ1) is 15.7. The molecule has 1 saturated heterocycles. The Hall–Kier alpha value is -1.72. The SMILES string of the molecule is C=C/C=C(\C=C)COC1CCN(c2ncnc(Cl)n2)CC1. The van der Waals surface area contributed by atoms with Gasteiger partial charge in [-0.15, -0.1) is 0 Å². The molecule has 0 atom stereocenters. The lowest BCUT2D eigenvalue weighted by Gasteiger charge is -2.31. The van der Waals surface area contributed by atoms with Crippen LogP contribution in [0.25, 0.3) is 0 Å². The number of ether oxygens (including phenoxy) is 1. The van der Waals surface area contributed by atoms with Gasteiger partial charge in [0.25, 0.3) is 0 Å². The number of rotatable bonds is 6. The Morgan fingerprint density at radius 1 is 1.38 bits per heavy atom. The van der Waals surface area contributed by atoms with Gasteiger partial charge in [-0.05, 0) is 30.0 Å². The van der Waals surface area contributed by atoms with Gasteiger partial charge >= 0.3 is 0 Å². The van der Waals surface area contributed by atoms with Crippen LogP contribution in [0.5, 0.6) is 0 Å². The maximum atomic E-state index is 5.90. The quantitative estimate of drug-likeness (QED) is 0.756. The molecule has 0 amide bonds. The van der Waals surface area contributed by atoms with Gasteiger partial charge in [-0.3, -0.25) is 0 Å². The molecule has 0 aliphatic carbocycles. The molecule has 0 saturated carbocycles. The molecule has 2 rings (SSSR count). The highest BCUT2D eigenvalue weighted by Gasteiger charge is 2.21. The molecule has 0 bridgehead atoms. The number of piperidine rings is 1. The van der Waals surface area contributed by atoms with Crippen molar-refractivity contribution in [3.05, 3.63) is 48.6 Å². The zero-order valence-electron chi connectivity index (χ0n) is 11.9. The number of nitrogens with zero attached hydrogens (tertiary/aromatic N) is 4. The van der Waals surface area contributed by atoms with Crippen molar-refractivity contribution >= 4 is 17.5 Å². The number of hydrogen-bond acceptors (Lipinski definition) is 5. The minimum atomic E-state index is 0.226. The maximum Gasteiger partial charge on any atom is 0.229 e. The van der Waals surface area contributed by atoms with Gasteiger partial charge in [-0.25, -0.2) is 9.97 Å². The Morgan fingerprint density at radius 3 is 2.76 bits per heavy atom. The van der Waals surface area contributed by atoms with Crippen molar-refractivity contribution < 1.29 is 4.74 Å². The molecule has 1 aliphatic rings. The second kappa shape index (κ2) is 7.90. The minimum absolute atomic E-state index is 0.226. The van der Waals surface area contributed by atoms with Gasteiger partial charge < -0.3 is 9.64 Å². The molecule has 21 heavy (non-hydrogen) atoms. The van der Waals surface area contributed by atoms with Crippen LogP contribution >= 0.6 is 11.6 Å². The van der Waals surface area contributed by atoms with E-state index in [2.05, 4.69) is 33.0 Å². The summed E-state index contributed by atoms with van der Waals surface area (Å²) in [6.07, 6.45) is 8.99. The zero-order chi connectivity index (χ0) is 15.1. The van der Waals surface area contributed by atoms with E-state index in [1.165, 1.54) is 6.33 Å². The first-order valence-corrected chi connectivity index (χ1v) is 7.26. The third kappa shape index (κ3) is 4.65. The Bertz CT molecular complexity index is 524. The van der Waals surface area contributed by atoms with Crippen LogP contribution in [0.1, 0.15) is 12.8 Å². The minimum Gasteiger partial charge on any atom is -0.373 e. The molecule has 1 aliphatic heterocycles. The average Bonchev–Trinajstić information content (AvgIpc) is 2.52. The lowest BCUT2D eigenvalue weighted by Crippen LogP contribution is -2.38. The van der Waals surface area contributed by atoms with Crippen molar-refractivity contribution in [2.24, 2.45) is 0 Å². The van der Waals surface area contributed by atoms with Crippen LogP contribution in [0.4, 0.5) is 5.95 Å². The largest absolute Gasteiger partial charge is 0.373 e. The molecule has 0 unspecified atom stereocenters. The lowest BCUT2D eigenvalue weighted by molar-refractivity contribution is 0.0531. The summed E-state index contributed by atoms with van der Waals surface area (Å²) in [6.45, 7) is 9.70. The van der Waals surface area contributed by atoms with Crippen LogP contribution in [-0.2, 0) is 4.74 Å². The molecule has 0 radical (unpaired) electrons. The highest BCUT2D eigenvalue weighted by Crippen LogP contribution is 2.19. The highest BCUT2D eigenvalue weighted by molar-refractivity contribution is 6.28. The summed E-state index contributed by atoms with van der Waals surface area (Å²) in [4.78, 5) is 14.2. The third-order valence-corrected chi connectivity index (χ3v) is 3.52. The van der Waals surface area contributed by atoms with Crippen LogP contribution in [0, 0.1) is 0 Å². The van der Waals surface area contributed by atoms with Gasteiger partial charge in [0.1, 0.15) is 6.33 Å². The predicted molar refractivity (Wildman–Crippen MR) is 84.5 cm³/mol. The van der Waals surface area contributed by atoms with E-state index in [0.29, 0.717) is 12.6 Å². The summed E-state index contributed by atoms with van der Waals surface area (Å²) < 4.78 is 5.90. The molecule has 2 heterocycles. The first-order valence-electron chi connectivity index (χ1n) is 6.88. The number of halogens is 1. The maximum absolute atomic E-state index is 5.90. The summed E-state index contributed by atoms with van der Waals surface area (Å²) >= 11 is 5.79. The summed E-state index contributed by atoms with van der Waals surface area (Å²) in [5.74, 6) is 0.631. The molecule has 112 valence electrons. The molecule has 1 aromatic heterocycles. The molecule has 1 fully saturated rings. The fourth-order valence-corrected chi connectivity index (χ4v) is 2.30. The van der Waals surface area contributed by atoms with Crippen molar-refractivity contribution in [2.75, 3.05) is 24.6 Å². The van der Waals surface area contributed by atoms with Gasteiger partial charge in [-0.1, -0.05) is 31.4 Å². The van der Waals surface area contributed by atoms with E-state index in [9.17, 15) is 0 Å². The van der Waals surface area contributed by atoms with Crippen molar-refractivity contribution in [3.8, 4) is 0 Å². The second-order valence-corrected chi connectivity index (χ2v) is 5.07. The standard InChI is InChI=1S/C15H19ClN4O/c1-3-5-12(4-2)10-21-13-6-8-20(9-7-13)15-18-11-17-14(16)19-15/h3-5,11,13H,1-2,6-10H2/b12-5+. The third-order valence-electron chi connectivity index (χ3n) is 3.33. The molecular weight excluding hydrogens is 288 g/mol. The molecule has 0 spiro atoms. The fraction of sp³-hybridized carbons (Fsp3) is 0.400. The molecule has 0 N–H and O–H groups in total. The second-order valence-electron chi connectivity index (χ2n) is 4.73. The lowest BCUT2D eigenvalue weighted by atomic mass is 10.1. The number of hydrogen-bond donors (Lipinski definition) is 0. The van der Waals surface area contributed by atoms with Crippen LogP contribution < -0.4 is 4.90 Å². The van der Waals surface area contributed by atoms with Crippen LogP contribution in [0.2, 0.25) is 5.28 Å². The van der Waals surface area contributed by atoms with Crippen molar-refractivity contribution in [3.63, 3.8) is 0 Å². The van der Waals surface area contributed by atoms with E-state index in [-0.39, 0.29) is 11.4 Å². The van der Waals surface area contributed by atoms with E-state index in [0.717, 1.165) is 31.5 Å². The van der Waals surface area contributed by atoms with Crippen LogP contribution in [0.15, 0.2) is 43.3 Å². The van der Waals surface area contributed by atoms with Crippen molar-refractivity contribution in [2.45, 2.75) is 18.9 Å². The van der Waals surface area contributed by atoms with Gasteiger partial charge in [0, 0.05) is 13.1 Å². The van der Waals surface area contributed by atoms with Crippen molar-refractivity contribution in [1.29, 1.82) is 0 Å². The molecule has 6 heteroatoms. The molecule has 1 aromatic rings. The number of anilines is 1. The van der Waals surface area contributed by atoms with E-state index in [4.69, 9.17) is 16.3 Å². The Kier molecular flexibility index (Phi) is 5.90. The normalized spacial score (nSPS) is 16.8. The predicted octanol–water partition coefficient (Wildman–Crippen LogP) is 2.81. The van der Waals surface area contributed by atoms with Gasteiger partial charge in [0.05, 0.1) is 12.7 Å². The topological polar surface area (TPSA) is 51.1 Å². The Balaban J connectivity index is 1.82. The Morgan fingerprint density at radius 2 is 2.14 bits per heavy atom. The molecule has 0 aromatic carbocycles. The zero-order valence-corrected chi connectivity index (χ0v) is 12.7. The molecular formula is C15H19ClN4O. The van der Waals surface area contributed by atoms with Crippen LogP contribution in [0.3, 0.4) is 0 Å². The smallest absolute Gasteiger partial charge is 0.229 e. The highest BCUT2D eigenvalue weighted by atomic mass is 35.5. The monoisotopic (exact) mass is 306 g/mol. The summed E-state index contributed by atoms with van der Waals surface area (Å²) in [5.41, 5.74) is 1.04. The number of allylic oxidation sites excluding steroid dienone is 2. The first-order chi connectivity index (χ1) is 10.2. The van der Waals surface area contributed by atoms with Gasteiger partial charge in [0.2, 0.25) is 11.2 Å². The van der Waals surface area contributed by atoms with Gasteiger partial charge in [0.15, 0.2) is 0 Å². The molecule has 5 nitrogen and oxygen atoms in total. The summed E-state index contributed by atoms with van der Waals surface area (Å²) in [5, 5.41) is 0.226. The van der Waals surface area contributed by atoms with Gasteiger partial charge in [-0.2, -0.15) is 4.98 Å². The van der Waals surface area contributed by atoms with E-state index >= 15 is 0 Å². The van der Waals surface area contributed by atoms with E-state index in [1.807, 2.05) is 6.08 Å². The Labute approximate surface area is 130 Å². The van der Waals surface area contributed by atoms with E-state index in [1.54, 1.807) is 12.2 Å². The average molecular weight is 307 g/mol. The fourth-order valence-electron chi connectivity index (χ4n) is 2.18. The number of aromatic nitrogens is 3.